The summed E-state index contributed by atoms with van der Waals surface area (Å²) in [4.78, 5) is 27.8. The molecule has 0 radical (unpaired) electrons. The van der Waals surface area contributed by atoms with Gasteiger partial charge in [0.15, 0.2) is 0 Å². The highest BCUT2D eigenvalue weighted by atomic mass is 19.4. The molecule has 0 aliphatic carbocycles. The maximum Gasteiger partial charge on any atom is 0.417 e. The van der Waals surface area contributed by atoms with E-state index in [1.165, 1.54) is 0 Å². The number of benzene rings is 2. The number of halogens is 3. The Labute approximate surface area is 193 Å². The number of amides is 1. The molecule has 2 heterocycles. The fourth-order valence-corrected chi connectivity index (χ4v) is 3.87. The van der Waals surface area contributed by atoms with Crippen LogP contribution < -0.4 is 15.6 Å². The van der Waals surface area contributed by atoms with Crippen LogP contribution in [0.1, 0.15) is 22.6 Å². The van der Waals surface area contributed by atoms with Crippen LogP contribution in [-0.4, -0.2) is 29.1 Å². The first-order valence-electron chi connectivity index (χ1n) is 10.5. The summed E-state index contributed by atoms with van der Waals surface area (Å²) in [6.07, 6.45) is -2.08. The number of ether oxygens (including phenoxy) is 1. The van der Waals surface area contributed by atoms with Crippen molar-refractivity contribution in [1.29, 1.82) is 0 Å². The highest BCUT2D eigenvalue weighted by Crippen LogP contribution is 2.31. The minimum absolute atomic E-state index is 0.181. The molecule has 34 heavy (non-hydrogen) atoms. The summed E-state index contributed by atoms with van der Waals surface area (Å²) in [7, 11) is 1.57. The number of fused-ring (bicyclic) bond motifs is 1. The first kappa shape index (κ1) is 23.2. The summed E-state index contributed by atoms with van der Waals surface area (Å²) in [5.41, 5.74) is 1.14. The quantitative estimate of drug-likeness (QED) is 0.424. The number of pyridine rings is 1. The molecule has 0 spiro atoms. The van der Waals surface area contributed by atoms with Crippen LogP contribution >= 0.6 is 0 Å². The van der Waals surface area contributed by atoms with Crippen molar-refractivity contribution in [3.63, 3.8) is 0 Å². The molecule has 0 saturated heterocycles. The summed E-state index contributed by atoms with van der Waals surface area (Å²) >= 11 is 0. The van der Waals surface area contributed by atoms with Gasteiger partial charge in [-0.3, -0.25) is 9.59 Å². The van der Waals surface area contributed by atoms with Crippen LogP contribution in [0, 0.1) is 0 Å². The van der Waals surface area contributed by atoms with Crippen LogP contribution in [0.2, 0.25) is 0 Å². The third-order valence-electron chi connectivity index (χ3n) is 5.64. The SMILES string of the molecule is COc1ccc([C@@H](CNC(=O)Cn2cc(C(F)(F)F)ccc2=O)c2c[nH]c3ccccc23)cc1. The van der Waals surface area contributed by atoms with Crippen LogP contribution in [0.15, 0.2) is 77.9 Å². The van der Waals surface area contributed by atoms with E-state index >= 15 is 0 Å². The van der Waals surface area contributed by atoms with E-state index in [1.807, 2.05) is 54.7 Å². The number of carbonyl (C=O) groups excluding carboxylic acids is 1. The summed E-state index contributed by atoms with van der Waals surface area (Å²) in [5.74, 6) is -0.126. The van der Waals surface area contributed by atoms with Crippen molar-refractivity contribution in [2.45, 2.75) is 18.6 Å². The molecule has 0 unspecified atom stereocenters. The number of hydrogen-bond acceptors (Lipinski definition) is 3. The highest BCUT2D eigenvalue weighted by Gasteiger charge is 2.31. The van der Waals surface area contributed by atoms with Crippen LogP contribution in [0.25, 0.3) is 10.9 Å². The molecule has 4 aromatic rings. The van der Waals surface area contributed by atoms with E-state index in [4.69, 9.17) is 4.74 Å². The van der Waals surface area contributed by atoms with Gasteiger partial charge in [0, 0.05) is 41.8 Å². The van der Waals surface area contributed by atoms with E-state index in [-0.39, 0.29) is 12.5 Å². The number of para-hydroxylation sites is 1. The number of carbonyl (C=O) groups is 1. The lowest BCUT2D eigenvalue weighted by atomic mass is 9.91. The van der Waals surface area contributed by atoms with E-state index < -0.39 is 29.8 Å². The fourth-order valence-electron chi connectivity index (χ4n) is 3.87. The third kappa shape index (κ3) is 4.98. The molecule has 0 bridgehead atoms. The Morgan fingerprint density at radius 3 is 2.53 bits per heavy atom. The topological polar surface area (TPSA) is 76.1 Å². The Balaban J connectivity index is 1.58. The zero-order valence-corrected chi connectivity index (χ0v) is 18.2. The van der Waals surface area contributed by atoms with E-state index in [0.29, 0.717) is 18.0 Å². The molecule has 6 nitrogen and oxygen atoms in total. The molecular weight excluding hydrogens is 447 g/mol. The molecule has 4 rings (SSSR count). The molecule has 0 aliphatic heterocycles. The van der Waals surface area contributed by atoms with E-state index in [9.17, 15) is 22.8 Å². The van der Waals surface area contributed by atoms with Gasteiger partial charge in [0.05, 0.1) is 12.7 Å². The predicted octanol–water partition coefficient (Wildman–Crippen LogP) is 4.31. The Morgan fingerprint density at radius 2 is 1.82 bits per heavy atom. The van der Waals surface area contributed by atoms with Crippen LogP contribution in [0.5, 0.6) is 5.75 Å². The molecular formula is C25H22F3N3O3. The van der Waals surface area contributed by atoms with Gasteiger partial charge in [-0.25, -0.2) is 0 Å². The Hall–Kier alpha value is -4.01. The predicted molar refractivity (Wildman–Crippen MR) is 122 cm³/mol. The molecule has 1 amide bonds. The molecule has 0 aliphatic rings. The Morgan fingerprint density at radius 1 is 1.09 bits per heavy atom. The second kappa shape index (κ2) is 9.46. The van der Waals surface area contributed by atoms with Gasteiger partial charge in [-0.05, 0) is 35.4 Å². The molecule has 0 saturated carbocycles. The monoisotopic (exact) mass is 469 g/mol. The normalized spacial score (nSPS) is 12.5. The molecule has 9 heteroatoms. The number of alkyl halides is 3. The van der Waals surface area contributed by atoms with Gasteiger partial charge < -0.3 is 19.6 Å². The average Bonchev–Trinajstić information content (AvgIpc) is 3.24. The highest BCUT2D eigenvalue weighted by molar-refractivity contribution is 5.84. The molecule has 1 atom stereocenters. The second-order valence-corrected chi connectivity index (χ2v) is 7.80. The summed E-state index contributed by atoms with van der Waals surface area (Å²) in [5, 5.41) is 3.76. The van der Waals surface area contributed by atoms with Gasteiger partial charge in [-0.1, -0.05) is 30.3 Å². The molecule has 2 N–H and O–H groups in total. The smallest absolute Gasteiger partial charge is 0.417 e. The molecule has 0 fully saturated rings. The maximum atomic E-state index is 13.0. The van der Waals surface area contributed by atoms with Crippen molar-refractivity contribution in [1.82, 2.24) is 14.9 Å². The van der Waals surface area contributed by atoms with Crippen molar-refractivity contribution in [3.05, 3.63) is 100 Å². The summed E-state index contributed by atoms with van der Waals surface area (Å²) in [6, 6.07) is 16.7. The standard InChI is InChI=1S/C25H22F3N3O3/c1-34-18-9-6-16(7-10-18)20(21-13-29-22-5-3-2-4-19(21)22)12-30-23(32)15-31-14-17(25(26,27)28)8-11-24(31)33/h2-11,13-14,20,29H,12,15H2,1H3,(H,30,32)/t20-/m1/s1. The van der Waals surface area contributed by atoms with Gasteiger partial charge in [0.1, 0.15) is 12.3 Å². The lowest BCUT2D eigenvalue weighted by molar-refractivity contribution is -0.138. The zero-order chi connectivity index (χ0) is 24.3. The van der Waals surface area contributed by atoms with Crippen LogP contribution in [0.3, 0.4) is 0 Å². The summed E-state index contributed by atoms with van der Waals surface area (Å²) in [6.45, 7) is -0.341. The van der Waals surface area contributed by atoms with Crippen molar-refractivity contribution in [2.75, 3.05) is 13.7 Å². The van der Waals surface area contributed by atoms with Gasteiger partial charge in [0.25, 0.3) is 5.56 Å². The van der Waals surface area contributed by atoms with Crippen molar-refractivity contribution in [2.24, 2.45) is 0 Å². The van der Waals surface area contributed by atoms with Crippen LogP contribution in [0.4, 0.5) is 13.2 Å². The minimum atomic E-state index is -4.61. The number of hydrogen-bond donors (Lipinski definition) is 2. The number of methoxy groups -OCH3 is 1. The van der Waals surface area contributed by atoms with Gasteiger partial charge >= 0.3 is 6.18 Å². The number of aromatic amines is 1. The van der Waals surface area contributed by atoms with E-state index in [2.05, 4.69) is 10.3 Å². The molecule has 2 aromatic carbocycles. The lowest BCUT2D eigenvalue weighted by Crippen LogP contribution is -2.35. The van der Waals surface area contributed by atoms with Crippen molar-refractivity contribution < 1.29 is 22.7 Å². The Bertz CT molecular complexity index is 1360. The molecule has 2 aromatic heterocycles. The van der Waals surface area contributed by atoms with Crippen molar-refractivity contribution >= 4 is 16.8 Å². The number of nitrogens with zero attached hydrogens (tertiary/aromatic N) is 1. The molecule has 176 valence electrons. The number of aromatic nitrogens is 2. The number of H-pyrrole nitrogens is 1. The maximum absolute atomic E-state index is 13.0. The van der Waals surface area contributed by atoms with Gasteiger partial charge in [-0.2, -0.15) is 13.2 Å². The largest absolute Gasteiger partial charge is 0.497 e. The lowest BCUT2D eigenvalue weighted by Gasteiger charge is -2.19. The average molecular weight is 469 g/mol. The first-order chi connectivity index (χ1) is 16.3. The Kier molecular flexibility index (Phi) is 6.45. The minimum Gasteiger partial charge on any atom is -0.497 e. The van der Waals surface area contributed by atoms with Gasteiger partial charge in [0.2, 0.25) is 5.91 Å². The van der Waals surface area contributed by atoms with Gasteiger partial charge in [-0.15, -0.1) is 0 Å². The van der Waals surface area contributed by atoms with Crippen LogP contribution in [-0.2, 0) is 17.5 Å². The fraction of sp³-hybridized carbons (Fsp3) is 0.200. The zero-order valence-electron chi connectivity index (χ0n) is 18.2. The van der Waals surface area contributed by atoms with Crippen molar-refractivity contribution in [3.8, 4) is 5.75 Å². The van der Waals surface area contributed by atoms with E-state index in [1.54, 1.807) is 7.11 Å². The third-order valence-corrected chi connectivity index (χ3v) is 5.64. The van der Waals surface area contributed by atoms with E-state index in [0.717, 1.165) is 32.7 Å². The second-order valence-electron chi connectivity index (χ2n) is 7.80. The number of nitrogens with one attached hydrogen (secondary N) is 2. The summed E-state index contributed by atoms with van der Waals surface area (Å²) < 4.78 is 45.0. The number of rotatable bonds is 7. The first-order valence-corrected chi connectivity index (χ1v) is 10.5.